The SMILES string of the molecule is O=C(NCCc1nc(-c2ccco2)n[nH]1)c1cc2ccccc2o1. The molecule has 3 heterocycles. The Morgan fingerprint density at radius 1 is 1.21 bits per heavy atom. The molecule has 0 radical (unpaired) electrons. The van der Waals surface area contributed by atoms with E-state index < -0.39 is 0 Å². The van der Waals surface area contributed by atoms with E-state index in [0.29, 0.717) is 41.7 Å². The average molecular weight is 322 g/mol. The molecule has 120 valence electrons. The zero-order valence-corrected chi connectivity index (χ0v) is 12.7. The fourth-order valence-corrected chi connectivity index (χ4v) is 2.40. The summed E-state index contributed by atoms with van der Waals surface area (Å²) in [6.45, 7) is 0.419. The van der Waals surface area contributed by atoms with Crippen molar-refractivity contribution in [1.29, 1.82) is 0 Å². The molecule has 4 rings (SSSR count). The van der Waals surface area contributed by atoms with Crippen molar-refractivity contribution in [3.05, 3.63) is 60.3 Å². The first-order valence-electron chi connectivity index (χ1n) is 7.51. The second-order valence-corrected chi connectivity index (χ2v) is 5.24. The maximum Gasteiger partial charge on any atom is 0.287 e. The third kappa shape index (κ3) is 2.79. The number of H-pyrrole nitrogens is 1. The van der Waals surface area contributed by atoms with Crippen LogP contribution in [0.15, 0.2) is 57.6 Å². The predicted molar refractivity (Wildman–Crippen MR) is 86.3 cm³/mol. The number of rotatable bonds is 5. The smallest absolute Gasteiger partial charge is 0.287 e. The van der Waals surface area contributed by atoms with Crippen LogP contribution in [0.5, 0.6) is 0 Å². The van der Waals surface area contributed by atoms with Crippen LogP contribution in [0.1, 0.15) is 16.4 Å². The Bertz CT molecular complexity index is 936. The maximum atomic E-state index is 12.1. The second kappa shape index (κ2) is 6.04. The maximum absolute atomic E-state index is 12.1. The van der Waals surface area contributed by atoms with Crippen molar-refractivity contribution in [2.75, 3.05) is 6.54 Å². The molecule has 0 saturated heterocycles. The molecule has 0 spiro atoms. The number of carbonyl (C=O) groups excluding carboxylic acids is 1. The number of benzene rings is 1. The number of furan rings is 2. The van der Waals surface area contributed by atoms with E-state index in [1.54, 1.807) is 24.5 Å². The largest absolute Gasteiger partial charge is 0.461 e. The van der Waals surface area contributed by atoms with Crippen molar-refractivity contribution >= 4 is 16.9 Å². The van der Waals surface area contributed by atoms with E-state index in [4.69, 9.17) is 8.83 Å². The van der Waals surface area contributed by atoms with E-state index >= 15 is 0 Å². The highest BCUT2D eigenvalue weighted by atomic mass is 16.3. The van der Waals surface area contributed by atoms with Gasteiger partial charge in [-0.3, -0.25) is 9.89 Å². The molecule has 1 aromatic carbocycles. The summed E-state index contributed by atoms with van der Waals surface area (Å²) in [6, 6.07) is 12.8. The second-order valence-electron chi connectivity index (χ2n) is 5.24. The lowest BCUT2D eigenvalue weighted by Gasteiger charge is -2.00. The number of nitrogens with one attached hydrogen (secondary N) is 2. The Kier molecular flexibility index (Phi) is 3.59. The van der Waals surface area contributed by atoms with Gasteiger partial charge >= 0.3 is 0 Å². The molecule has 0 aliphatic heterocycles. The van der Waals surface area contributed by atoms with Crippen molar-refractivity contribution in [2.24, 2.45) is 0 Å². The minimum absolute atomic E-state index is 0.253. The predicted octanol–water partition coefficient (Wildman–Crippen LogP) is 2.78. The quantitative estimate of drug-likeness (QED) is 0.589. The van der Waals surface area contributed by atoms with Crippen LogP contribution in [-0.4, -0.2) is 27.6 Å². The van der Waals surface area contributed by atoms with Crippen LogP contribution in [0, 0.1) is 0 Å². The van der Waals surface area contributed by atoms with Crippen molar-refractivity contribution in [3.63, 3.8) is 0 Å². The number of para-hydroxylation sites is 1. The highest BCUT2D eigenvalue weighted by Gasteiger charge is 2.12. The van der Waals surface area contributed by atoms with Gasteiger partial charge in [-0.2, -0.15) is 5.10 Å². The minimum Gasteiger partial charge on any atom is -0.461 e. The summed E-state index contributed by atoms with van der Waals surface area (Å²) >= 11 is 0. The highest BCUT2D eigenvalue weighted by molar-refractivity contribution is 5.96. The summed E-state index contributed by atoms with van der Waals surface area (Å²) in [5.74, 6) is 1.82. The molecule has 3 aromatic heterocycles. The molecular weight excluding hydrogens is 308 g/mol. The fraction of sp³-hybridized carbons (Fsp3) is 0.118. The monoisotopic (exact) mass is 322 g/mol. The lowest BCUT2D eigenvalue weighted by Crippen LogP contribution is -2.25. The van der Waals surface area contributed by atoms with E-state index in [9.17, 15) is 4.79 Å². The Morgan fingerprint density at radius 2 is 2.12 bits per heavy atom. The van der Waals surface area contributed by atoms with Crippen LogP contribution in [-0.2, 0) is 6.42 Å². The number of aromatic nitrogens is 3. The molecule has 0 atom stereocenters. The molecule has 24 heavy (non-hydrogen) atoms. The van der Waals surface area contributed by atoms with Crippen molar-refractivity contribution in [3.8, 4) is 11.6 Å². The van der Waals surface area contributed by atoms with Gasteiger partial charge in [-0.25, -0.2) is 4.98 Å². The van der Waals surface area contributed by atoms with E-state index in [2.05, 4.69) is 20.5 Å². The Morgan fingerprint density at radius 3 is 2.96 bits per heavy atom. The molecule has 0 bridgehead atoms. The molecule has 0 fully saturated rings. The number of hydrogen-bond donors (Lipinski definition) is 2. The molecule has 0 aliphatic carbocycles. The van der Waals surface area contributed by atoms with Crippen LogP contribution in [0.25, 0.3) is 22.6 Å². The fourth-order valence-electron chi connectivity index (χ4n) is 2.40. The van der Waals surface area contributed by atoms with Gasteiger partial charge in [-0.1, -0.05) is 18.2 Å². The van der Waals surface area contributed by atoms with Crippen LogP contribution in [0.2, 0.25) is 0 Å². The van der Waals surface area contributed by atoms with Gasteiger partial charge in [0.15, 0.2) is 11.5 Å². The van der Waals surface area contributed by atoms with Gasteiger partial charge in [-0.15, -0.1) is 0 Å². The summed E-state index contributed by atoms with van der Waals surface area (Å²) in [4.78, 5) is 16.5. The van der Waals surface area contributed by atoms with E-state index in [1.165, 1.54) is 0 Å². The van der Waals surface area contributed by atoms with Gasteiger partial charge in [0.2, 0.25) is 5.82 Å². The highest BCUT2D eigenvalue weighted by Crippen LogP contribution is 2.18. The Labute approximate surface area is 136 Å². The Hall–Kier alpha value is -3.35. The standard InChI is InChI=1S/C17H14N4O3/c22-17(14-10-11-4-1-2-5-12(11)24-14)18-8-7-15-19-16(21-20-15)13-6-3-9-23-13/h1-6,9-10H,7-8H2,(H,18,22)(H,19,20,21). The molecule has 7 heteroatoms. The third-order valence-electron chi connectivity index (χ3n) is 3.57. The van der Waals surface area contributed by atoms with Crippen LogP contribution in [0.4, 0.5) is 0 Å². The summed E-state index contributed by atoms with van der Waals surface area (Å²) in [5, 5.41) is 10.6. The van der Waals surface area contributed by atoms with Gasteiger partial charge < -0.3 is 14.2 Å². The number of nitrogens with zero attached hydrogens (tertiary/aromatic N) is 2. The number of hydrogen-bond acceptors (Lipinski definition) is 5. The summed E-state index contributed by atoms with van der Waals surface area (Å²) in [7, 11) is 0. The molecule has 0 unspecified atom stereocenters. The van der Waals surface area contributed by atoms with Crippen LogP contribution in [0.3, 0.4) is 0 Å². The third-order valence-corrected chi connectivity index (χ3v) is 3.57. The number of fused-ring (bicyclic) bond motifs is 1. The lowest BCUT2D eigenvalue weighted by atomic mass is 10.2. The molecule has 4 aromatic rings. The van der Waals surface area contributed by atoms with Gasteiger partial charge in [-0.05, 0) is 24.3 Å². The van der Waals surface area contributed by atoms with Gasteiger partial charge in [0, 0.05) is 18.4 Å². The summed E-state index contributed by atoms with van der Waals surface area (Å²) in [6.07, 6.45) is 2.10. The molecule has 1 amide bonds. The van der Waals surface area contributed by atoms with Crippen molar-refractivity contribution in [2.45, 2.75) is 6.42 Å². The van der Waals surface area contributed by atoms with Crippen LogP contribution < -0.4 is 5.32 Å². The summed E-state index contributed by atoms with van der Waals surface area (Å²) in [5.41, 5.74) is 0.695. The van der Waals surface area contributed by atoms with E-state index in [0.717, 1.165) is 5.39 Å². The number of carbonyl (C=O) groups is 1. The Balaban J connectivity index is 1.36. The van der Waals surface area contributed by atoms with Crippen LogP contribution >= 0.6 is 0 Å². The van der Waals surface area contributed by atoms with Gasteiger partial charge in [0.05, 0.1) is 6.26 Å². The molecule has 7 nitrogen and oxygen atoms in total. The van der Waals surface area contributed by atoms with E-state index in [-0.39, 0.29) is 5.91 Å². The van der Waals surface area contributed by atoms with Crippen molar-refractivity contribution < 1.29 is 13.6 Å². The normalized spacial score (nSPS) is 11.0. The number of aromatic amines is 1. The lowest BCUT2D eigenvalue weighted by molar-refractivity contribution is 0.0928. The topological polar surface area (TPSA) is 97.0 Å². The average Bonchev–Trinajstić information content (AvgIpc) is 3.33. The van der Waals surface area contributed by atoms with E-state index in [1.807, 2.05) is 24.3 Å². The zero-order chi connectivity index (χ0) is 16.4. The number of amides is 1. The molecular formula is C17H14N4O3. The zero-order valence-electron chi connectivity index (χ0n) is 12.7. The minimum atomic E-state index is -0.253. The first-order valence-corrected chi connectivity index (χ1v) is 7.51. The van der Waals surface area contributed by atoms with Crippen molar-refractivity contribution in [1.82, 2.24) is 20.5 Å². The van der Waals surface area contributed by atoms with Gasteiger partial charge in [0.25, 0.3) is 5.91 Å². The first-order chi connectivity index (χ1) is 11.8. The summed E-state index contributed by atoms with van der Waals surface area (Å²) < 4.78 is 10.8. The first kappa shape index (κ1) is 14.3. The molecule has 0 aliphatic rings. The molecule has 2 N–H and O–H groups in total. The van der Waals surface area contributed by atoms with Gasteiger partial charge in [0.1, 0.15) is 11.4 Å². The molecule has 0 saturated carbocycles.